The Morgan fingerprint density at radius 3 is 2.85 bits per heavy atom. The summed E-state index contributed by atoms with van der Waals surface area (Å²) in [7, 11) is 0. The minimum Gasteiger partial charge on any atom is -0.395 e. The molecule has 20 heavy (non-hydrogen) atoms. The summed E-state index contributed by atoms with van der Waals surface area (Å²) in [5.74, 6) is 0.508. The standard InChI is InChI=1S/C14H26N4O2/c1-4-5-6-17(7-8-19)14(20)16-13-9-15-18(11-13)10-12(2)3/h9,11-12,19H,4-8,10H2,1-3H3,(H,16,20). The van der Waals surface area contributed by atoms with Gasteiger partial charge in [0.25, 0.3) is 0 Å². The molecule has 1 rings (SSSR count). The van der Waals surface area contributed by atoms with Crippen LogP contribution in [0.4, 0.5) is 10.5 Å². The second kappa shape index (κ2) is 8.58. The maximum Gasteiger partial charge on any atom is 0.322 e. The molecule has 114 valence electrons. The van der Waals surface area contributed by atoms with Crippen LogP contribution in [0, 0.1) is 5.92 Å². The number of anilines is 1. The second-order valence-corrected chi connectivity index (χ2v) is 5.34. The van der Waals surface area contributed by atoms with Gasteiger partial charge in [0.05, 0.1) is 18.5 Å². The average Bonchev–Trinajstić information content (AvgIpc) is 2.80. The van der Waals surface area contributed by atoms with Crippen LogP contribution in [0.5, 0.6) is 0 Å². The number of nitrogens with zero attached hydrogens (tertiary/aromatic N) is 3. The fourth-order valence-electron chi connectivity index (χ4n) is 1.89. The minimum absolute atomic E-state index is 0.0241. The van der Waals surface area contributed by atoms with E-state index in [1.54, 1.807) is 11.1 Å². The molecular weight excluding hydrogens is 256 g/mol. The van der Waals surface area contributed by atoms with Gasteiger partial charge in [0, 0.05) is 25.8 Å². The zero-order valence-electron chi connectivity index (χ0n) is 12.7. The molecular formula is C14H26N4O2. The predicted molar refractivity (Wildman–Crippen MR) is 79.7 cm³/mol. The maximum absolute atomic E-state index is 12.1. The van der Waals surface area contributed by atoms with Crippen molar-refractivity contribution in [2.45, 2.75) is 40.2 Å². The van der Waals surface area contributed by atoms with Gasteiger partial charge in [-0.2, -0.15) is 5.10 Å². The second-order valence-electron chi connectivity index (χ2n) is 5.34. The van der Waals surface area contributed by atoms with E-state index in [2.05, 4.69) is 31.2 Å². The molecule has 1 aromatic heterocycles. The van der Waals surface area contributed by atoms with Gasteiger partial charge in [0.15, 0.2) is 0 Å². The Balaban J connectivity index is 2.55. The number of amides is 2. The maximum atomic E-state index is 12.1. The molecule has 0 bridgehead atoms. The smallest absolute Gasteiger partial charge is 0.322 e. The van der Waals surface area contributed by atoms with Gasteiger partial charge < -0.3 is 15.3 Å². The van der Waals surface area contributed by atoms with Gasteiger partial charge in [0.1, 0.15) is 0 Å². The van der Waals surface area contributed by atoms with E-state index in [0.717, 1.165) is 19.4 Å². The van der Waals surface area contributed by atoms with Crippen molar-refractivity contribution in [1.29, 1.82) is 0 Å². The van der Waals surface area contributed by atoms with Gasteiger partial charge in [-0.3, -0.25) is 4.68 Å². The number of nitrogens with one attached hydrogen (secondary N) is 1. The highest BCUT2D eigenvalue weighted by Gasteiger charge is 2.13. The lowest BCUT2D eigenvalue weighted by atomic mass is 10.2. The Hall–Kier alpha value is -1.56. The van der Waals surface area contributed by atoms with E-state index in [0.29, 0.717) is 24.7 Å². The van der Waals surface area contributed by atoms with E-state index in [-0.39, 0.29) is 12.6 Å². The number of carbonyl (C=O) groups is 1. The Bertz CT molecular complexity index is 404. The number of hydrogen-bond acceptors (Lipinski definition) is 3. The Morgan fingerprint density at radius 1 is 1.50 bits per heavy atom. The Kier molecular flexibility index (Phi) is 7.08. The van der Waals surface area contributed by atoms with E-state index < -0.39 is 0 Å². The summed E-state index contributed by atoms with van der Waals surface area (Å²) in [4.78, 5) is 13.7. The number of urea groups is 1. The van der Waals surface area contributed by atoms with Gasteiger partial charge in [-0.1, -0.05) is 27.2 Å². The normalized spacial score (nSPS) is 10.8. The molecule has 2 amide bonds. The van der Waals surface area contributed by atoms with E-state index >= 15 is 0 Å². The summed E-state index contributed by atoms with van der Waals surface area (Å²) in [5, 5.41) is 16.0. The number of hydrogen-bond donors (Lipinski definition) is 2. The van der Waals surface area contributed by atoms with Crippen molar-refractivity contribution < 1.29 is 9.90 Å². The van der Waals surface area contributed by atoms with Crippen molar-refractivity contribution in [3.05, 3.63) is 12.4 Å². The molecule has 0 unspecified atom stereocenters. The van der Waals surface area contributed by atoms with Gasteiger partial charge >= 0.3 is 6.03 Å². The highest BCUT2D eigenvalue weighted by Crippen LogP contribution is 2.08. The summed E-state index contributed by atoms with van der Waals surface area (Å²) in [6.07, 6.45) is 5.42. The van der Waals surface area contributed by atoms with Crippen molar-refractivity contribution in [1.82, 2.24) is 14.7 Å². The van der Waals surface area contributed by atoms with Crippen LogP contribution in [0.1, 0.15) is 33.6 Å². The van der Waals surface area contributed by atoms with Gasteiger partial charge in [-0.05, 0) is 12.3 Å². The summed E-state index contributed by atoms with van der Waals surface area (Å²) in [6.45, 7) is 8.12. The molecule has 0 atom stereocenters. The highest BCUT2D eigenvalue weighted by atomic mass is 16.3. The molecule has 0 saturated carbocycles. The summed E-state index contributed by atoms with van der Waals surface area (Å²) < 4.78 is 1.82. The molecule has 0 aliphatic heterocycles. The molecule has 2 N–H and O–H groups in total. The molecule has 0 aromatic carbocycles. The third-order valence-corrected chi connectivity index (χ3v) is 2.88. The van der Waals surface area contributed by atoms with Crippen LogP contribution in [0.25, 0.3) is 0 Å². The largest absolute Gasteiger partial charge is 0.395 e. The average molecular weight is 282 g/mol. The lowest BCUT2D eigenvalue weighted by Crippen LogP contribution is -2.37. The van der Waals surface area contributed by atoms with Crippen LogP contribution >= 0.6 is 0 Å². The summed E-state index contributed by atoms with van der Waals surface area (Å²) in [6, 6.07) is -0.184. The lowest BCUT2D eigenvalue weighted by Gasteiger charge is -2.21. The Morgan fingerprint density at radius 2 is 2.25 bits per heavy atom. The third kappa shape index (κ3) is 5.61. The molecule has 6 nitrogen and oxygen atoms in total. The first-order valence-electron chi connectivity index (χ1n) is 7.26. The van der Waals surface area contributed by atoms with Crippen LogP contribution in [0.3, 0.4) is 0 Å². The molecule has 1 heterocycles. The van der Waals surface area contributed by atoms with Crippen molar-refractivity contribution in [3.8, 4) is 0 Å². The topological polar surface area (TPSA) is 70.4 Å². The van der Waals surface area contributed by atoms with Gasteiger partial charge in [-0.15, -0.1) is 0 Å². The fourth-order valence-corrected chi connectivity index (χ4v) is 1.89. The molecule has 1 aromatic rings. The molecule has 0 fully saturated rings. The highest BCUT2D eigenvalue weighted by molar-refractivity contribution is 5.88. The van der Waals surface area contributed by atoms with Crippen LogP contribution in [0.2, 0.25) is 0 Å². The van der Waals surface area contributed by atoms with E-state index in [1.807, 2.05) is 10.9 Å². The van der Waals surface area contributed by atoms with E-state index in [9.17, 15) is 4.79 Å². The number of unbranched alkanes of at least 4 members (excludes halogenated alkanes) is 1. The molecule has 0 radical (unpaired) electrons. The van der Waals surface area contributed by atoms with Crippen molar-refractivity contribution in [2.75, 3.05) is 25.0 Å². The number of aromatic nitrogens is 2. The summed E-state index contributed by atoms with van der Waals surface area (Å²) >= 11 is 0. The number of aliphatic hydroxyl groups excluding tert-OH is 1. The third-order valence-electron chi connectivity index (χ3n) is 2.88. The first kappa shape index (κ1) is 16.5. The van der Waals surface area contributed by atoms with Gasteiger partial charge in [-0.25, -0.2) is 4.79 Å². The van der Waals surface area contributed by atoms with E-state index in [1.165, 1.54) is 0 Å². The number of rotatable bonds is 8. The monoisotopic (exact) mass is 282 g/mol. The van der Waals surface area contributed by atoms with Crippen LogP contribution in [0.15, 0.2) is 12.4 Å². The van der Waals surface area contributed by atoms with Crippen LogP contribution in [-0.2, 0) is 6.54 Å². The number of aliphatic hydroxyl groups is 1. The van der Waals surface area contributed by atoms with Crippen LogP contribution < -0.4 is 5.32 Å². The first-order valence-corrected chi connectivity index (χ1v) is 7.26. The van der Waals surface area contributed by atoms with Crippen LogP contribution in [-0.4, -0.2) is 45.5 Å². The molecule has 0 saturated heterocycles. The Labute approximate surface area is 120 Å². The first-order chi connectivity index (χ1) is 9.56. The number of carbonyl (C=O) groups excluding carboxylic acids is 1. The molecule has 0 spiro atoms. The molecule has 6 heteroatoms. The van der Waals surface area contributed by atoms with Crippen molar-refractivity contribution >= 4 is 11.7 Å². The summed E-state index contributed by atoms with van der Waals surface area (Å²) in [5.41, 5.74) is 0.690. The zero-order chi connectivity index (χ0) is 15.0. The van der Waals surface area contributed by atoms with Crippen molar-refractivity contribution in [2.24, 2.45) is 5.92 Å². The van der Waals surface area contributed by atoms with Gasteiger partial charge in [0.2, 0.25) is 0 Å². The lowest BCUT2D eigenvalue weighted by molar-refractivity contribution is 0.187. The fraction of sp³-hybridized carbons (Fsp3) is 0.714. The quantitative estimate of drug-likeness (QED) is 0.767. The van der Waals surface area contributed by atoms with Crippen molar-refractivity contribution in [3.63, 3.8) is 0 Å². The SMILES string of the molecule is CCCCN(CCO)C(=O)Nc1cnn(CC(C)C)c1. The minimum atomic E-state index is -0.184. The predicted octanol–water partition coefficient (Wildman–Crippen LogP) is 2.17. The molecule has 0 aliphatic carbocycles. The van der Waals surface area contributed by atoms with E-state index in [4.69, 9.17) is 5.11 Å². The zero-order valence-corrected chi connectivity index (χ0v) is 12.7. The molecule has 0 aliphatic rings.